The summed E-state index contributed by atoms with van der Waals surface area (Å²) in [6, 6.07) is 8.22. The van der Waals surface area contributed by atoms with Crippen LogP contribution in [0.3, 0.4) is 0 Å². The summed E-state index contributed by atoms with van der Waals surface area (Å²) in [5, 5.41) is 8.65. The highest BCUT2D eigenvalue weighted by atomic mass is 16.2. The minimum absolute atomic E-state index is 0.283. The summed E-state index contributed by atoms with van der Waals surface area (Å²) in [5.41, 5.74) is 8.15. The third kappa shape index (κ3) is 3.17. The van der Waals surface area contributed by atoms with Crippen LogP contribution in [0, 0.1) is 0 Å². The third-order valence-electron chi connectivity index (χ3n) is 2.19. The van der Waals surface area contributed by atoms with E-state index in [9.17, 15) is 0 Å². The van der Waals surface area contributed by atoms with Crippen molar-refractivity contribution < 1.29 is 5.11 Å². The van der Waals surface area contributed by atoms with Gasteiger partial charge in [-0.1, -0.05) is 24.3 Å². The molecule has 0 aliphatic rings. The summed E-state index contributed by atoms with van der Waals surface area (Å²) in [6.45, 7) is 0.889. The number of rotatable bonds is 5. The van der Waals surface area contributed by atoms with Gasteiger partial charge in [0.25, 0.3) is 0 Å². The predicted molar refractivity (Wildman–Crippen MR) is 54.4 cm³/mol. The Morgan fingerprint density at radius 1 is 1.08 bits per heavy atom. The monoisotopic (exact) mass is 179 g/mol. The van der Waals surface area contributed by atoms with Crippen LogP contribution in [0.4, 0.5) is 0 Å². The fourth-order valence-electron chi connectivity index (χ4n) is 1.43. The molecule has 0 aromatic heterocycles. The summed E-state index contributed by atoms with van der Waals surface area (Å²) in [5.74, 6) is 0. The maximum Gasteiger partial charge on any atom is 0.0431 e. The summed E-state index contributed by atoms with van der Waals surface area (Å²) in [6.07, 6.45) is 2.93. The summed E-state index contributed by atoms with van der Waals surface area (Å²) < 4.78 is 0. The quantitative estimate of drug-likeness (QED) is 0.672. The maximum atomic E-state index is 8.65. The fraction of sp³-hybridized carbons (Fsp3) is 0.455. The van der Waals surface area contributed by atoms with Gasteiger partial charge in [-0.2, -0.15) is 0 Å². The lowest BCUT2D eigenvalue weighted by Gasteiger charge is -2.06. The van der Waals surface area contributed by atoms with Crippen LogP contribution in [0.5, 0.6) is 0 Å². The fourth-order valence-corrected chi connectivity index (χ4v) is 1.43. The molecule has 2 nitrogen and oxygen atoms in total. The van der Waals surface area contributed by atoms with Gasteiger partial charge in [-0.3, -0.25) is 0 Å². The molecule has 0 unspecified atom stereocenters. The lowest BCUT2D eigenvalue weighted by molar-refractivity contribution is 0.284. The number of nitrogens with two attached hydrogens (primary N) is 1. The van der Waals surface area contributed by atoms with Crippen molar-refractivity contribution in [3.05, 3.63) is 35.4 Å². The molecule has 0 fully saturated rings. The Hall–Kier alpha value is -0.860. The standard InChI is InChI=1S/C11H17NO/c12-9-11-7-2-1-5-10(11)6-3-4-8-13/h1-2,5,7,13H,3-4,6,8-9,12H2. The maximum absolute atomic E-state index is 8.65. The minimum Gasteiger partial charge on any atom is -0.396 e. The van der Waals surface area contributed by atoms with Gasteiger partial charge in [0.1, 0.15) is 0 Å². The van der Waals surface area contributed by atoms with Crippen molar-refractivity contribution in [1.82, 2.24) is 0 Å². The van der Waals surface area contributed by atoms with Crippen molar-refractivity contribution in [3.63, 3.8) is 0 Å². The molecule has 0 spiro atoms. The van der Waals surface area contributed by atoms with Crippen molar-refractivity contribution in [1.29, 1.82) is 0 Å². The molecule has 0 aliphatic heterocycles. The van der Waals surface area contributed by atoms with Crippen LogP contribution in [0.2, 0.25) is 0 Å². The van der Waals surface area contributed by atoms with Crippen molar-refractivity contribution in [2.24, 2.45) is 5.73 Å². The van der Waals surface area contributed by atoms with Crippen LogP contribution < -0.4 is 5.73 Å². The van der Waals surface area contributed by atoms with Crippen LogP contribution in [0.1, 0.15) is 24.0 Å². The van der Waals surface area contributed by atoms with Crippen LogP contribution in [0.25, 0.3) is 0 Å². The Kier molecular flexibility index (Phi) is 4.50. The van der Waals surface area contributed by atoms with Gasteiger partial charge in [-0.05, 0) is 30.4 Å². The van der Waals surface area contributed by atoms with Gasteiger partial charge in [0.05, 0.1) is 0 Å². The summed E-state index contributed by atoms with van der Waals surface area (Å²) in [4.78, 5) is 0. The highest BCUT2D eigenvalue weighted by Crippen LogP contribution is 2.10. The van der Waals surface area contributed by atoms with Crippen LogP contribution >= 0.6 is 0 Å². The first-order valence-electron chi connectivity index (χ1n) is 4.76. The Balaban J connectivity index is 2.54. The molecule has 0 aliphatic carbocycles. The first-order valence-corrected chi connectivity index (χ1v) is 4.76. The molecule has 0 amide bonds. The zero-order chi connectivity index (χ0) is 9.52. The van der Waals surface area contributed by atoms with E-state index >= 15 is 0 Å². The molecule has 1 rings (SSSR count). The van der Waals surface area contributed by atoms with Crippen LogP contribution in [-0.4, -0.2) is 11.7 Å². The second-order valence-corrected chi connectivity index (χ2v) is 3.15. The number of unbranched alkanes of at least 4 members (excludes halogenated alkanes) is 1. The molecule has 0 saturated heterocycles. The van der Waals surface area contributed by atoms with Gasteiger partial charge in [0.15, 0.2) is 0 Å². The van der Waals surface area contributed by atoms with E-state index in [2.05, 4.69) is 12.1 Å². The van der Waals surface area contributed by atoms with E-state index < -0.39 is 0 Å². The van der Waals surface area contributed by atoms with E-state index in [0.717, 1.165) is 19.3 Å². The smallest absolute Gasteiger partial charge is 0.0431 e. The van der Waals surface area contributed by atoms with Crippen LogP contribution in [0.15, 0.2) is 24.3 Å². The molecule has 1 aromatic rings. The highest BCUT2D eigenvalue weighted by Gasteiger charge is 1.98. The van der Waals surface area contributed by atoms with Crippen LogP contribution in [-0.2, 0) is 13.0 Å². The molecule has 72 valence electrons. The van der Waals surface area contributed by atoms with Crippen molar-refractivity contribution in [3.8, 4) is 0 Å². The highest BCUT2D eigenvalue weighted by molar-refractivity contribution is 5.26. The molecule has 0 atom stereocenters. The molecule has 1 aromatic carbocycles. The predicted octanol–water partition coefficient (Wildman–Crippen LogP) is 1.46. The molecule has 0 radical (unpaired) electrons. The Morgan fingerprint density at radius 3 is 2.38 bits per heavy atom. The van der Waals surface area contributed by atoms with Crippen molar-refractivity contribution in [2.45, 2.75) is 25.8 Å². The zero-order valence-electron chi connectivity index (χ0n) is 7.87. The SMILES string of the molecule is NCc1ccccc1CCCCO. The van der Waals surface area contributed by atoms with Gasteiger partial charge in [-0.25, -0.2) is 0 Å². The third-order valence-corrected chi connectivity index (χ3v) is 2.19. The number of aryl methyl sites for hydroxylation is 1. The van der Waals surface area contributed by atoms with Gasteiger partial charge in [0.2, 0.25) is 0 Å². The second kappa shape index (κ2) is 5.73. The number of hydrogen-bond acceptors (Lipinski definition) is 2. The molecule has 2 heteroatoms. The largest absolute Gasteiger partial charge is 0.396 e. The first-order chi connectivity index (χ1) is 6.38. The molecule has 0 saturated carbocycles. The molecule has 0 heterocycles. The van der Waals surface area contributed by atoms with E-state index in [4.69, 9.17) is 10.8 Å². The average Bonchev–Trinajstić information content (AvgIpc) is 2.19. The number of aliphatic hydroxyl groups is 1. The lowest BCUT2D eigenvalue weighted by atomic mass is 10.0. The molecule has 13 heavy (non-hydrogen) atoms. The van der Waals surface area contributed by atoms with Crippen molar-refractivity contribution in [2.75, 3.05) is 6.61 Å². The van der Waals surface area contributed by atoms with E-state index in [0.29, 0.717) is 6.54 Å². The Labute approximate surface area is 79.4 Å². The molecular formula is C11H17NO. The van der Waals surface area contributed by atoms with E-state index in [-0.39, 0.29) is 6.61 Å². The Morgan fingerprint density at radius 2 is 1.77 bits per heavy atom. The summed E-state index contributed by atoms with van der Waals surface area (Å²) in [7, 11) is 0. The molecule has 3 N–H and O–H groups in total. The zero-order valence-corrected chi connectivity index (χ0v) is 7.87. The number of hydrogen-bond donors (Lipinski definition) is 2. The van der Waals surface area contributed by atoms with Gasteiger partial charge in [0, 0.05) is 13.2 Å². The van der Waals surface area contributed by atoms with E-state index in [1.54, 1.807) is 0 Å². The van der Waals surface area contributed by atoms with Gasteiger partial charge >= 0.3 is 0 Å². The van der Waals surface area contributed by atoms with Crippen molar-refractivity contribution >= 4 is 0 Å². The topological polar surface area (TPSA) is 46.2 Å². The number of aliphatic hydroxyl groups excluding tert-OH is 1. The van der Waals surface area contributed by atoms with Gasteiger partial charge in [-0.15, -0.1) is 0 Å². The average molecular weight is 179 g/mol. The minimum atomic E-state index is 0.283. The number of benzene rings is 1. The normalized spacial score (nSPS) is 10.3. The van der Waals surface area contributed by atoms with Gasteiger partial charge < -0.3 is 10.8 Å². The molecular weight excluding hydrogens is 162 g/mol. The van der Waals surface area contributed by atoms with E-state index in [1.807, 2.05) is 12.1 Å². The second-order valence-electron chi connectivity index (χ2n) is 3.15. The lowest BCUT2D eigenvalue weighted by Crippen LogP contribution is -2.01. The first kappa shape index (κ1) is 10.2. The summed E-state index contributed by atoms with van der Waals surface area (Å²) >= 11 is 0. The van der Waals surface area contributed by atoms with E-state index in [1.165, 1.54) is 11.1 Å². The Bertz CT molecular complexity index is 248. The molecule has 0 bridgehead atoms.